The molecule has 0 heterocycles. The Kier molecular flexibility index (Phi) is 11.5. The fourth-order valence-corrected chi connectivity index (χ4v) is 14.1. The summed E-state index contributed by atoms with van der Waals surface area (Å²) in [5.41, 5.74) is 16.9. The molecule has 0 spiro atoms. The number of anilines is 3. The van der Waals surface area contributed by atoms with Crippen molar-refractivity contribution in [1.29, 1.82) is 0 Å². The molecule has 6 aromatic rings. The minimum absolute atomic E-state index is 0.438. The lowest BCUT2D eigenvalue weighted by atomic mass is 9.58. The summed E-state index contributed by atoms with van der Waals surface area (Å²) >= 11 is 0. The van der Waals surface area contributed by atoms with Gasteiger partial charge in [0.05, 0.1) is 0 Å². The van der Waals surface area contributed by atoms with Crippen LogP contribution in [-0.4, -0.2) is 0 Å². The molecule has 0 radical (unpaired) electrons. The van der Waals surface area contributed by atoms with Gasteiger partial charge in [0.25, 0.3) is 0 Å². The molecule has 0 N–H and O–H groups in total. The van der Waals surface area contributed by atoms with Gasteiger partial charge in [-0.25, -0.2) is 0 Å². The first kappa shape index (κ1) is 42.7. The van der Waals surface area contributed by atoms with Gasteiger partial charge < -0.3 is 4.90 Å². The molecule has 6 bridgehead atoms. The Morgan fingerprint density at radius 3 is 0.627 bits per heavy atom. The zero-order chi connectivity index (χ0) is 44.7. The molecule has 0 saturated heterocycles. The zero-order valence-corrected chi connectivity index (χ0v) is 39.7. The number of hydrogen-bond donors (Lipinski definition) is 0. The van der Waals surface area contributed by atoms with E-state index in [-0.39, 0.29) is 0 Å². The Morgan fingerprint density at radius 1 is 0.254 bits per heavy atom. The SMILES string of the molecule is C(=C\c1ccc(C23CCC(CC2)CC3)cc1)/c1ccc(N(c2ccc(/C=C/c3ccc(C45CCC(CC4)CC5)cc3)cc2)c2ccc(/C=C/c3ccc(C45CCC(CC4)CC5)cc3)cc2)cc1. The van der Waals surface area contributed by atoms with Crippen LogP contribution in [0.5, 0.6) is 0 Å². The largest absolute Gasteiger partial charge is 0.311 e. The first-order valence-electron chi connectivity index (χ1n) is 26.4. The van der Waals surface area contributed by atoms with Crippen molar-refractivity contribution in [2.24, 2.45) is 17.8 Å². The number of hydrogen-bond acceptors (Lipinski definition) is 1. The molecule has 9 saturated carbocycles. The number of fused-ring (bicyclic) bond motifs is 9. The Hall–Kier alpha value is -5.66. The predicted octanol–water partition coefficient (Wildman–Crippen LogP) is 18.3. The van der Waals surface area contributed by atoms with Crippen LogP contribution in [0.1, 0.15) is 166 Å². The van der Waals surface area contributed by atoms with E-state index in [2.05, 4.69) is 187 Å². The maximum atomic E-state index is 2.42. The third-order valence-corrected chi connectivity index (χ3v) is 18.7. The lowest BCUT2D eigenvalue weighted by Gasteiger charge is -2.47. The van der Waals surface area contributed by atoms with Crippen molar-refractivity contribution in [2.75, 3.05) is 4.90 Å². The maximum Gasteiger partial charge on any atom is 0.0462 e. The van der Waals surface area contributed by atoms with Gasteiger partial charge in [-0.15, -0.1) is 0 Å². The molecule has 0 unspecified atom stereocenters. The highest BCUT2D eigenvalue weighted by molar-refractivity contribution is 5.80. The smallest absolute Gasteiger partial charge is 0.0462 e. The Bertz CT molecular complexity index is 2360. The number of nitrogens with zero attached hydrogens (tertiary/aromatic N) is 1. The molecule has 9 aliphatic rings. The monoisotopic (exact) mass is 876 g/mol. The Balaban J connectivity index is 0.764. The highest BCUT2D eigenvalue weighted by Gasteiger charge is 2.43. The number of rotatable bonds is 12. The molecule has 0 aromatic heterocycles. The summed E-state index contributed by atoms with van der Waals surface area (Å²) in [4.78, 5) is 2.39. The van der Waals surface area contributed by atoms with E-state index in [0.717, 1.165) is 34.8 Å². The highest BCUT2D eigenvalue weighted by Crippen LogP contribution is 2.54. The van der Waals surface area contributed by atoms with Gasteiger partial charge in [-0.05, 0) is 236 Å². The van der Waals surface area contributed by atoms with Crippen molar-refractivity contribution in [3.05, 3.63) is 196 Å². The molecule has 9 fully saturated rings. The normalized spacial score (nSPS) is 27.7. The number of benzene rings is 6. The zero-order valence-electron chi connectivity index (χ0n) is 39.7. The van der Waals surface area contributed by atoms with Crippen LogP contribution in [0.3, 0.4) is 0 Å². The molecule has 67 heavy (non-hydrogen) atoms. The van der Waals surface area contributed by atoms with Gasteiger partial charge in [0.1, 0.15) is 0 Å². The highest BCUT2D eigenvalue weighted by atomic mass is 15.1. The lowest BCUT2D eigenvalue weighted by Crippen LogP contribution is -2.37. The fraction of sp³-hybridized carbons (Fsp3) is 0.364. The standard InChI is InChI=1S/C66H69N/c1(49-7-19-58(20-8-49)64-40-31-55(32-41-64)33-42-64)4-52-13-25-61(26-14-52)67(62-27-15-53(16-28-62)5-2-50-9-21-59(22-10-50)65-43-34-56(35-44-65)36-45-65)63-29-17-54(18-30-63)6-3-51-11-23-60(24-12-51)66-46-37-57(38-47-66)39-48-66/h1-30,55-57H,31-48H2/b4-1+,5-2+,6-3+. The van der Waals surface area contributed by atoms with Crippen LogP contribution < -0.4 is 4.90 Å². The van der Waals surface area contributed by atoms with Crippen molar-refractivity contribution >= 4 is 53.5 Å². The van der Waals surface area contributed by atoms with Gasteiger partial charge in [0.2, 0.25) is 0 Å². The Labute approximate surface area is 401 Å². The fourth-order valence-electron chi connectivity index (χ4n) is 14.1. The van der Waals surface area contributed by atoms with Crippen LogP contribution in [0, 0.1) is 17.8 Å². The second kappa shape index (κ2) is 18.1. The quantitative estimate of drug-likeness (QED) is 0.111. The van der Waals surface area contributed by atoms with Crippen molar-refractivity contribution < 1.29 is 0 Å². The molecule has 1 heteroatoms. The second-order valence-corrected chi connectivity index (χ2v) is 22.3. The van der Waals surface area contributed by atoms with Crippen molar-refractivity contribution in [3.8, 4) is 0 Å². The van der Waals surface area contributed by atoms with E-state index >= 15 is 0 Å². The summed E-state index contributed by atoms with van der Waals surface area (Å²) in [6.45, 7) is 0. The lowest BCUT2D eigenvalue weighted by molar-refractivity contribution is 0.136. The van der Waals surface area contributed by atoms with Crippen molar-refractivity contribution in [1.82, 2.24) is 0 Å². The van der Waals surface area contributed by atoms with Crippen LogP contribution >= 0.6 is 0 Å². The topological polar surface area (TPSA) is 3.24 Å². The summed E-state index contributed by atoms with van der Waals surface area (Å²) in [6, 6.07) is 55.7. The third-order valence-electron chi connectivity index (χ3n) is 18.7. The van der Waals surface area contributed by atoms with Gasteiger partial charge in [-0.2, -0.15) is 0 Å². The molecule has 0 amide bonds. The first-order valence-corrected chi connectivity index (χ1v) is 26.4. The molecule has 9 aliphatic carbocycles. The van der Waals surface area contributed by atoms with E-state index in [0.29, 0.717) is 16.2 Å². The molecular weight excluding hydrogens is 807 g/mol. The van der Waals surface area contributed by atoms with Gasteiger partial charge in [-0.1, -0.05) is 146 Å². The van der Waals surface area contributed by atoms with Gasteiger partial charge >= 0.3 is 0 Å². The molecule has 1 nitrogen and oxygen atoms in total. The molecule has 15 rings (SSSR count). The van der Waals surface area contributed by atoms with Gasteiger partial charge in [-0.3, -0.25) is 0 Å². The van der Waals surface area contributed by atoms with E-state index in [1.54, 1.807) is 16.7 Å². The van der Waals surface area contributed by atoms with Crippen LogP contribution in [0.2, 0.25) is 0 Å². The van der Waals surface area contributed by atoms with E-state index < -0.39 is 0 Å². The van der Waals surface area contributed by atoms with Crippen molar-refractivity contribution in [2.45, 2.75) is 132 Å². The summed E-state index contributed by atoms with van der Waals surface area (Å²) in [6.07, 6.45) is 38.8. The van der Waals surface area contributed by atoms with E-state index in [9.17, 15) is 0 Å². The van der Waals surface area contributed by atoms with Crippen LogP contribution in [-0.2, 0) is 16.2 Å². The Morgan fingerprint density at radius 2 is 0.433 bits per heavy atom. The minimum atomic E-state index is 0.438. The second-order valence-electron chi connectivity index (χ2n) is 22.3. The van der Waals surface area contributed by atoms with E-state index in [1.165, 1.54) is 149 Å². The summed E-state index contributed by atoms with van der Waals surface area (Å²) < 4.78 is 0. The molecule has 0 atom stereocenters. The average molecular weight is 876 g/mol. The summed E-state index contributed by atoms with van der Waals surface area (Å²) in [5, 5.41) is 0. The molecule has 6 aromatic carbocycles. The third kappa shape index (κ3) is 8.73. The summed E-state index contributed by atoms with van der Waals surface area (Å²) in [7, 11) is 0. The van der Waals surface area contributed by atoms with Gasteiger partial charge in [0.15, 0.2) is 0 Å². The van der Waals surface area contributed by atoms with Crippen LogP contribution in [0.25, 0.3) is 36.5 Å². The average Bonchev–Trinajstić information content (AvgIpc) is 3.42. The van der Waals surface area contributed by atoms with Crippen LogP contribution in [0.4, 0.5) is 17.1 Å². The first-order chi connectivity index (χ1) is 33.0. The minimum Gasteiger partial charge on any atom is -0.311 e. The summed E-state index contributed by atoms with van der Waals surface area (Å²) in [5.74, 6) is 2.98. The van der Waals surface area contributed by atoms with Gasteiger partial charge in [0, 0.05) is 17.1 Å². The molecule has 338 valence electrons. The van der Waals surface area contributed by atoms with Crippen LogP contribution in [0.15, 0.2) is 146 Å². The predicted molar refractivity (Wildman–Crippen MR) is 286 cm³/mol. The van der Waals surface area contributed by atoms with E-state index in [1.807, 2.05) is 0 Å². The molecule has 0 aliphatic heterocycles. The van der Waals surface area contributed by atoms with E-state index in [4.69, 9.17) is 0 Å². The maximum absolute atomic E-state index is 2.42. The molecular formula is C66H69N. The van der Waals surface area contributed by atoms with Crippen molar-refractivity contribution in [3.63, 3.8) is 0 Å².